The van der Waals surface area contributed by atoms with Crippen molar-refractivity contribution in [3.05, 3.63) is 41.7 Å². The summed E-state index contributed by atoms with van der Waals surface area (Å²) in [5.41, 5.74) is -3.26. The van der Waals surface area contributed by atoms with Crippen molar-refractivity contribution in [1.82, 2.24) is 29.2 Å². The first-order valence-electron chi connectivity index (χ1n) is 8.44. The van der Waals surface area contributed by atoms with Gasteiger partial charge in [0, 0.05) is 6.20 Å². The number of halogens is 6. The number of aromatic nitrogens is 6. The van der Waals surface area contributed by atoms with E-state index in [1.54, 1.807) is 0 Å². The van der Waals surface area contributed by atoms with E-state index >= 15 is 0 Å². The topological polar surface area (TPSA) is 94.5 Å². The molecule has 4 heterocycles. The van der Waals surface area contributed by atoms with Gasteiger partial charge in [0.1, 0.15) is 11.3 Å². The first-order valence-corrected chi connectivity index (χ1v) is 10.1. The predicted molar refractivity (Wildman–Crippen MR) is 92.7 cm³/mol. The summed E-state index contributed by atoms with van der Waals surface area (Å²) in [4.78, 5) is 7.79. The quantitative estimate of drug-likeness (QED) is 0.432. The lowest BCUT2D eigenvalue weighted by Gasteiger charge is -2.07. The molecule has 8 nitrogen and oxygen atoms in total. The summed E-state index contributed by atoms with van der Waals surface area (Å²) in [5.74, 6) is -0.824. The van der Waals surface area contributed by atoms with E-state index in [4.69, 9.17) is 0 Å². The highest BCUT2D eigenvalue weighted by atomic mass is 32.2. The van der Waals surface area contributed by atoms with Gasteiger partial charge >= 0.3 is 12.4 Å². The molecule has 0 atom stereocenters. The molecule has 0 spiro atoms. The highest BCUT2D eigenvalue weighted by Crippen LogP contribution is 2.33. The van der Waals surface area contributed by atoms with Crippen LogP contribution < -0.4 is 0 Å². The van der Waals surface area contributed by atoms with E-state index in [9.17, 15) is 34.8 Å². The van der Waals surface area contributed by atoms with E-state index in [-0.39, 0.29) is 11.3 Å². The summed E-state index contributed by atoms with van der Waals surface area (Å²) < 4.78 is 105. The Balaban J connectivity index is 1.99. The Morgan fingerprint density at radius 1 is 0.968 bits per heavy atom. The van der Waals surface area contributed by atoms with E-state index < -0.39 is 55.6 Å². The van der Waals surface area contributed by atoms with E-state index in [0.29, 0.717) is 24.4 Å². The van der Waals surface area contributed by atoms with Crippen molar-refractivity contribution in [1.29, 1.82) is 0 Å². The van der Waals surface area contributed by atoms with Crippen LogP contribution in [0.3, 0.4) is 0 Å². The van der Waals surface area contributed by atoms with Crippen LogP contribution in [-0.4, -0.2) is 43.4 Å². The van der Waals surface area contributed by atoms with Crippen LogP contribution >= 0.6 is 0 Å². The number of imidazole rings is 1. The van der Waals surface area contributed by atoms with Crippen molar-refractivity contribution in [2.24, 2.45) is 0 Å². The lowest BCUT2D eigenvalue weighted by molar-refractivity contribution is -0.138. The fourth-order valence-electron chi connectivity index (χ4n) is 2.82. The number of nitrogens with zero attached hydrogens (tertiary/aromatic N) is 6. The Morgan fingerprint density at radius 3 is 2.23 bits per heavy atom. The molecule has 4 rings (SSSR count). The van der Waals surface area contributed by atoms with Gasteiger partial charge in [0.25, 0.3) is 0 Å². The standard InChI is InChI=1S/C16H10F6N6O2S/c1-2-31(29,30)14-12(24-10-5-8(15(17,18)19)3-4-27(10)14)13-25-11-6-9(16(20,21)22)7-23-28(11)26-13/h3-7H,2H2,1H3. The van der Waals surface area contributed by atoms with E-state index in [2.05, 4.69) is 20.2 Å². The molecule has 164 valence electrons. The fourth-order valence-corrected chi connectivity index (χ4v) is 3.98. The molecule has 15 heteroatoms. The summed E-state index contributed by atoms with van der Waals surface area (Å²) in [6.45, 7) is 1.32. The molecule has 0 aliphatic heterocycles. The molecular weight excluding hydrogens is 454 g/mol. The third-order valence-corrected chi connectivity index (χ3v) is 6.07. The van der Waals surface area contributed by atoms with E-state index in [1.165, 1.54) is 6.92 Å². The monoisotopic (exact) mass is 464 g/mol. The Morgan fingerprint density at radius 2 is 1.61 bits per heavy atom. The molecule has 0 radical (unpaired) electrons. The third kappa shape index (κ3) is 3.58. The van der Waals surface area contributed by atoms with Gasteiger partial charge in [0.05, 0.1) is 23.1 Å². The number of alkyl halides is 6. The average Bonchev–Trinajstić information content (AvgIpc) is 3.26. The smallest absolute Gasteiger partial charge is 0.290 e. The highest BCUT2D eigenvalue weighted by molar-refractivity contribution is 7.91. The second kappa shape index (κ2) is 6.63. The van der Waals surface area contributed by atoms with Crippen molar-refractivity contribution in [2.75, 3.05) is 5.75 Å². The van der Waals surface area contributed by atoms with Crippen LogP contribution in [0.1, 0.15) is 18.1 Å². The van der Waals surface area contributed by atoms with Gasteiger partial charge in [-0.25, -0.2) is 18.4 Å². The molecule has 0 N–H and O–H groups in total. The highest BCUT2D eigenvalue weighted by Gasteiger charge is 2.34. The van der Waals surface area contributed by atoms with Gasteiger partial charge in [-0.05, 0) is 18.2 Å². The van der Waals surface area contributed by atoms with Crippen LogP contribution in [0, 0.1) is 0 Å². The molecule has 0 saturated carbocycles. The zero-order valence-corrected chi connectivity index (χ0v) is 16.1. The van der Waals surface area contributed by atoms with Gasteiger partial charge < -0.3 is 0 Å². The first kappa shape index (κ1) is 21.0. The summed E-state index contributed by atoms with van der Waals surface area (Å²) in [7, 11) is -4.05. The van der Waals surface area contributed by atoms with E-state index in [0.717, 1.165) is 15.2 Å². The molecule has 31 heavy (non-hydrogen) atoms. The maximum absolute atomic E-state index is 13.0. The maximum atomic E-state index is 13.0. The molecule has 0 amide bonds. The van der Waals surface area contributed by atoms with Gasteiger partial charge in [-0.2, -0.15) is 31.4 Å². The summed E-state index contributed by atoms with van der Waals surface area (Å²) >= 11 is 0. The van der Waals surface area contributed by atoms with Gasteiger partial charge in [-0.15, -0.1) is 9.73 Å². The molecule has 0 unspecified atom stereocenters. The lowest BCUT2D eigenvalue weighted by Crippen LogP contribution is -2.10. The van der Waals surface area contributed by atoms with Crippen molar-refractivity contribution in [2.45, 2.75) is 24.3 Å². The van der Waals surface area contributed by atoms with Crippen LogP contribution in [0.25, 0.3) is 22.8 Å². The maximum Gasteiger partial charge on any atom is 0.418 e. The number of rotatable bonds is 3. The predicted octanol–water partition coefficient (Wildman–Crippen LogP) is 3.27. The Hall–Kier alpha value is -3.23. The number of fused-ring (bicyclic) bond motifs is 2. The Bertz CT molecular complexity index is 1420. The summed E-state index contributed by atoms with van der Waals surface area (Å²) in [6.07, 6.45) is -7.99. The molecule has 0 fully saturated rings. The van der Waals surface area contributed by atoms with Gasteiger partial charge in [-0.1, -0.05) is 6.92 Å². The largest absolute Gasteiger partial charge is 0.418 e. The Kier molecular flexibility index (Phi) is 4.50. The first-order chi connectivity index (χ1) is 14.3. The molecule has 0 saturated heterocycles. The lowest BCUT2D eigenvalue weighted by atomic mass is 10.2. The molecule has 4 aromatic rings. The van der Waals surface area contributed by atoms with Crippen molar-refractivity contribution < 1.29 is 34.8 Å². The number of sulfone groups is 1. The third-order valence-electron chi connectivity index (χ3n) is 4.33. The van der Waals surface area contributed by atoms with E-state index in [1.807, 2.05) is 0 Å². The minimum Gasteiger partial charge on any atom is -0.290 e. The van der Waals surface area contributed by atoms with Crippen LogP contribution in [0.15, 0.2) is 35.6 Å². The normalized spacial score (nSPS) is 13.4. The molecule has 0 aromatic carbocycles. The van der Waals surface area contributed by atoms with Crippen LogP contribution in [0.5, 0.6) is 0 Å². The number of pyridine rings is 1. The second-order valence-electron chi connectivity index (χ2n) is 6.34. The minimum atomic E-state index is -4.70. The average molecular weight is 464 g/mol. The zero-order valence-electron chi connectivity index (χ0n) is 15.3. The van der Waals surface area contributed by atoms with Gasteiger partial charge in [0.2, 0.25) is 5.82 Å². The van der Waals surface area contributed by atoms with Crippen LogP contribution in [0.2, 0.25) is 0 Å². The molecule has 0 aliphatic rings. The van der Waals surface area contributed by atoms with Crippen LogP contribution in [0.4, 0.5) is 26.3 Å². The number of hydrogen-bond donors (Lipinski definition) is 0. The summed E-state index contributed by atoms with van der Waals surface area (Å²) in [5, 5.41) is 6.86. The van der Waals surface area contributed by atoms with Gasteiger partial charge in [-0.3, -0.25) is 4.40 Å². The number of hydrogen-bond acceptors (Lipinski definition) is 6. The summed E-state index contributed by atoms with van der Waals surface area (Å²) in [6, 6.07) is 1.98. The zero-order chi connectivity index (χ0) is 22.8. The Labute approximate surface area is 169 Å². The van der Waals surface area contributed by atoms with Crippen molar-refractivity contribution >= 4 is 21.1 Å². The minimum absolute atomic E-state index is 0.348. The SMILES string of the molecule is CCS(=O)(=O)c1c(-c2nc3cc(C(F)(F)F)cnn3n2)nc2cc(C(F)(F)F)ccn12. The van der Waals surface area contributed by atoms with Gasteiger partial charge in [0.15, 0.2) is 20.5 Å². The van der Waals surface area contributed by atoms with Crippen molar-refractivity contribution in [3.8, 4) is 11.5 Å². The fraction of sp³-hybridized carbons (Fsp3) is 0.250. The van der Waals surface area contributed by atoms with Crippen molar-refractivity contribution in [3.63, 3.8) is 0 Å². The molecule has 4 aromatic heterocycles. The molecule has 0 bridgehead atoms. The molecular formula is C16H10F6N6O2S. The second-order valence-corrected chi connectivity index (χ2v) is 8.53. The van der Waals surface area contributed by atoms with Crippen LogP contribution in [-0.2, 0) is 22.2 Å². The molecule has 0 aliphatic carbocycles.